The Kier molecular flexibility index (Phi) is 7.08. The summed E-state index contributed by atoms with van der Waals surface area (Å²) >= 11 is 0. The first kappa shape index (κ1) is 22.8. The fourth-order valence-corrected chi connectivity index (χ4v) is 3.16. The third kappa shape index (κ3) is 4.71. The minimum Gasteiger partial charge on any atom is -0.507 e. The number of ether oxygens (including phenoxy) is 1. The molecule has 0 aliphatic heterocycles. The molecule has 0 atom stereocenters. The van der Waals surface area contributed by atoms with Crippen molar-refractivity contribution in [2.24, 2.45) is 19.2 Å². The van der Waals surface area contributed by atoms with Crippen LogP contribution in [0.15, 0.2) is 39.0 Å². The van der Waals surface area contributed by atoms with Crippen molar-refractivity contribution in [2.45, 2.75) is 32.7 Å². The zero-order valence-electron chi connectivity index (χ0n) is 18.2. The van der Waals surface area contributed by atoms with Gasteiger partial charge in [0.1, 0.15) is 5.75 Å². The molecule has 3 rings (SSSR count). The van der Waals surface area contributed by atoms with E-state index in [4.69, 9.17) is 4.74 Å². The molecule has 0 bridgehead atoms. The average molecular weight is 442 g/mol. The number of amides is 1. The number of aromatic hydroxyl groups is 1. The van der Waals surface area contributed by atoms with E-state index in [0.717, 1.165) is 11.0 Å². The molecule has 0 radical (unpaired) electrons. The summed E-state index contributed by atoms with van der Waals surface area (Å²) in [6.07, 6.45) is 2.63. The standard InChI is InChI=1S/C21H26N6O5/c1-4-12-32-20-23-18-17(19(30)26(3)21(31)25(18)2)27(20)11-7-10-16(29)24-22-13-14-8-5-6-9-15(14)28/h5-6,8-9,13,28H,4,7,10-12H2,1-3H3,(H,24,29)/b22-13+. The molecule has 1 amide bonds. The van der Waals surface area contributed by atoms with Crippen molar-refractivity contribution in [3.63, 3.8) is 0 Å². The quantitative estimate of drug-likeness (QED) is 0.373. The second-order valence-corrected chi connectivity index (χ2v) is 7.23. The predicted molar refractivity (Wildman–Crippen MR) is 119 cm³/mol. The van der Waals surface area contributed by atoms with Crippen molar-refractivity contribution in [3.05, 3.63) is 50.7 Å². The number of fused-ring (bicyclic) bond motifs is 1. The molecule has 0 aliphatic carbocycles. The molecule has 0 unspecified atom stereocenters. The van der Waals surface area contributed by atoms with Gasteiger partial charge in [0.05, 0.1) is 12.8 Å². The SMILES string of the molecule is CCCOc1nc2c(c(=O)n(C)c(=O)n2C)n1CCCC(=O)N/N=C/c1ccccc1O. The van der Waals surface area contributed by atoms with Gasteiger partial charge < -0.3 is 9.84 Å². The van der Waals surface area contributed by atoms with Gasteiger partial charge in [0.15, 0.2) is 11.2 Å². The van der Waals surface area contributed by atoms with Crippen molar-refractivity contribution in [1.29, 1.82) is 0 Å². The van der Waals surface area contributed by atoms with Crippen LogP contribution < -0.4 is 21.4 Å². The number of hydrazone groups is 1. The molecule has 0 fully saturated rings. The fourth-order valence-electron chi connectivity index (χ4n) is 3.16. The van der Waals surface area contributed by atoms with Gasteiger partial charge in [-0.1, -0.05) is 19.1 Å². The maximum absolute atomic E-state index is 12.7. The van der Waals surface area contributed by atoms with Gasteiger partial charge in [-0.25, -0.2) is 10.2 Å². The maximum Gasteiger partial charge on any atom is 0.332 e. The number of imidazole rings is 1. The lowest BCUT2D eigenvalue weighted by Crippen LogP contribution is -2.37. The number of hydrogen-bond acceptors (Lipinski definition) is 7. The van der Waals surface area contributed by atoms with Crippen LogP contribution in [0.4, 0.5) is 0 Å². The van der Waals surface area contributed by atoms with Crippen LogP contribution in [0, 0.1) is 0 Å². The van der Waals surface area contributed by atoms with E-state index < -0.39 is 11.2 Å². The number of para-hydroxylation sites is 1. The number of carbonyl (C=O) groups excluding carboxylic acids is 1. The molecule has 0 aliphatic rings. The van der Waals surface area contributed by atoms with Gasteiger partial charge in [-0.05, 0) is 25.0 Å². The van der Waals surface area contributed by atoms with E-state index in [2.05, 4.69) is 15.5 Å². The number of aryl methyl sites for hydroxylation is 2. The van der Waals surface area contributed by atoms with Gasteiger partial charge in [-0.3, -0.25) is 23.3 Å². The lowest BCUT2D eigenvalue weighted by atomic mass is 10.2. The van der Waals surface area contributed by atoms with Crippen molar-refractivity contribution in [1.82, 2.24) is 24.1 Å². The van der Waals surface area contributed by atoms with E-state index in [1.54, 1.807) is 29.8 Å². The minimum absolute atomic E-state index is 0.0630. The van der Waals surface area contributed by atoms with E-state index in [1.807, 2.05) is 6.92 Å². The monoisotopic (exact) mass is 442 g/mol. The summed E-state index contributed by atoms with van der Waals surface area (Å²) < 4.78 is 9.60. The second-order valence-electron chi connectivity index (χ2n) is 7.23. The zero-order valence-corrected chi connectivity index (χ0v) is 18.2. The second kappa shape index (κ2) is 9.94. The van der Waals surface area contributed by atoms with Crippen LogP contribution in [0.1, 0.15) is 31.7 Å². The summed E-state index contributed by atoms with van der Waals surface area (Å²) in [6.45, 7) is 2.64. The van der Waals surface area contributed by atoms with Crippen molar-refractivity contribution in [2.75, 3.05) is 6.61 Å². The Morgan fingerprint density at radius 1 is 1.25 bits per heavy atom. The number of aromatic nitrogens is 4. The van der Waals surface area contributed by atoms with Gasteiger partial charge >= 0.3 is 5.69 Å². The lowest BCUT2D eigenvalue weighted by Gasteiger charge is -2.09. The van der Waals surface area contributed by atoms with Crippen LogP contribution in [-0.4, -0.2) is 42.5 Å². The maximum atomic E-state index is 12.7. The Hall–Kier alpha value is -3.89. The molecular formula is C21H26N6O5. The Morgan fingerprint density at radius 2 is 2.00 bits per heavy atom. The molecular weight excluding hydrogens is 416 g/mol. The smallest absolute Gasteiger partial charge is 0.332 e. The van der Waals surface area contributed by atoms with Crippen LogP contribution in [-0.2, 0) is 25.4 Å². The molecule has 2 heterocycles. The summed E-state index contributed by atoms with van der Waals surface area (Å²) in [5.41, 5.74) is 2.43. The molecule has 2 aromatic heterocycles. The Morgan fingerprint density at radius 3 is 2.72 bits per heavy atom. The summed E-state index contributed by atoms with van der Waals surface area (Å²) in [5.74, 6) is -0.259. The van der Waals surface area contributed by atoms with Crippen LogP contribution in [0.3, 0.4) is 0 Å². The molecule has 11 nitrogen and oxygen atoms in total. The number of nitrogens with one attached hydrogen (secondary N) is 1. The Labute approximate surface area is 183 Å². The summed E-state index contributed by atoms with van der Waals surface area (Å²) in [5, 5.41) is 13.6. The highest BCUT2D eigenvalue weighted by molar-refractivity contribution is 5.85. The molecule has 3 aromatic rings. The van der Waals surface area contributed by atoms with Crippen LogP contribution in [0.25, 0.3) is 11.2 Å². The van der Waals surface area contributed by atoms with Gasteiger partial charge in [0.2, 0.25) is 5.91 Å². The number of benzene rings is 1. The largest absolute Gasteiger partial charge is 0.507 e. The number of hydrogen-bond donors (Lipinski definition) is 2. The van der Waals surface area contributed by atoms with Crippen molar-refractivity contribution >= 4 is 23.3 Å². The van der Waals surface area contributed by atoms with Crippen molar-refractivity contribution in [3.8, 4) is 11.8 Å². The summed E-state index contributed by atoms with van der Waals surface area (Å²) in [6, 6.07) is 6.86. The molecule has 170 valence electrons. The number of phenolic OH excluding ortho intramolecular Hbond substituents is 1. The minimum atomic E-state index is -0.476. The lowest BCUT2D eigenvalue weighted by molar-refractivity contribution is -0.121. The van der Waals surface area contributed by atoms with E-state index in [0.29, 0.717) is 25.1 Å². The van der Waals surface area contributed by atoms with Crippen LogP contribution >= 0.6 is 0 Å². The Bertz CT molecular complexity index is 1270. The summed E-state index contributed by atoms with van der Waals surface area (Å²) in [4.78, 5) is 41.4. The number of phenols is 1. The van der Waals surface area contributed by atoms with Gasteiger partial charge in [0, 0.05) is 32.6 Å². The topological polar surface area (TPSA) is 133 Å². The molecule has 32 heavy (non-hydrogen) atoms. The highest BCUT2D eigenvalue weighted by Gasteiger charge is 2.20. The molecule has 0 saturated carbocycles. The molecule has 0 saturated heterocycles. The highest BCUT2D eigenvalue weighted by atomic mass is 16.5. The zero-order chi connectivity index (χ0) is 23.3. The van der Waals surface area contributed by atoms with Crippen LogP contribution in [0.5, 0.6) is 11.8 Å². The summed E-state index contributed by atoms with van der Waals surface area (Å²) in [7, 11) is 2.95. The highest BCUT2D eigenvalue weighted by Crippen LogP contribution is 2.19. The number of rotatable bonds is 9. The molecule has 2 N–H and O–H groups in total. The number of carbonyl (C=O) groups is 1. The first-order chi connectivity index (χ1) is 15.3. The normalized spacial score (nSPS) is 11.3. The van der Waals surface area contributed by atoms with E-state index in [-0.39, 0.29) is 35.3 Å². The first-order valence-electron chi connectivity index (χ1n) is 10.2. The predicted octanol–water partition coefficient (Wildman–Crippen LogP) is 0.859. The van der Waals surface area contributed by atoms with E-state index in [1.165, 1.54) is 23.9 Å². The van der Waals surface area contributed by atoms with Crippen LogP contribution in [0.2, 0.25) is 0 Å². The Balaban J connectivity index is 1.73. The fraction of sp³-hybridized carbons (Fsp3) is 0.381. The van der Waals surface area contributed by atoms with E-state index >= 15 is 0 Å². The van der Waals surface area contributed by atoms with Crippen molar-refractivity contribution < 1.29 is 14.6 Å². The molecule has 0 spiro atoms. The van der Waals surface area contributed by atoms with Gasteiger partial charge in [-0.15, -0.1) is 0 Å². The third-order valence-corrected chi connectivity index (χ3v) is 4.86. The first-order valence-corrected chi connectivity index (χ1v) is 10.2. The van der Waals surface area contributed by atoms with E-state index in [9.17, 15) is 19.5 Å². The van der Waals surface area contributed by atoms with Gasteiger partial charge in [0.25, 0.3) is 11.6 Å². The third-order valence-electron chi connectivity index (χ3n) is 4.86. The van der Waals surface area contributed by atoms with Gasteiger partial charge in [-0.2, -0.15) is 10.1 Å². The number of nitrogens with zero attached hydrogens (tertiary/aromatic N) is 5. The molecule has 1 aromatic carbocycles. The molecule has 11 heteroatoms. The average Bonchev–Trinajstić information content (AvgIpc) is 3.14.